The monoisotopic (exact) mass is 811 g/mol. The Labute approximate surface area is 363 Å². The van der Waals surface area contributed by atoms with Crippen molar-refractivity contribution in [3.8, 4) is 22.5 Å². The van der Waals surface area contributed by atoms with Crippen LogP contribution in [0.1, 0.15) is 36.3 Å². The van der Waals surface area contributed by atoms with Crippen LogP contribution in [0.2, 0.25) is 0 Å². The number of rotatable bonds is 6. The van der Waals surface area contributed by atoms with Crippen molar-refractivity contribution in [2.45, 2.75) is 25.2 Å². The number of hydrogen-bond acceptors (Lipinski definition) is 4. The molecule has 11 aromatic rings. The fraction of sp³-hybridized carbons (Fsp3) is 0.0702. The predicted octanol–water partition coefficient (Wildman–Crippen LogP) is 14.0. The number of furan rings is 1. The van der Waals surface area contributed by atoms with Gasteiger partial charge >= 0.3 is 0 Å². The smallest absolute Gasteiger partial charge is 0.137 e. The summed E-state index contributed by atoms with van der Waals surface area (Å²) in [5.41, 5.74) is 14.3. The molecular weight excluding hydrogens is 771 g/mol. The summed E-state index contributed by atoms with van der Waals surface area (Å²) in [6.07, 6.45) is 8.27. The highest BCUT2D eigenvalue weighted by atomic mass is 16.3. The number of nitrogens with zero attached hydrogens (tertiary/aromatic N) is 3. The van der Waals surface area contributed by atoms with Gasteiger partial charge in [-0.05, 0) is 90.2 Å². The Morgan fingerprint density at radius 1 is 0.508 bits per heavy atom. The Balaban J connectivity index is 0.949. The summed E-state index contributed by atoms with van der Waals surface area (Å²) in [6.45, 7) is 0. The molecule has 0 fully saturated rings. The summed E-state index contributed by atoms with van der Waals surface area (Å²) in [5.74, 6) is 0.893. The minimum absolute atomic E-state index is 0.235. The maximum Gasteiger partial charge on any atom is 0.137 e. The van der Waals surface area contributed by atoms with Crippen LogP contribution in [0.4, 0.5) is 0 Å². The molecule has 63 heavy (non-hydrogen) atoms. The molecule has 2 unspecified atom stereocenters. The fourth-order valence-electron chi connectivity index (χ4n) is 10.1. The highest BCUT2D eigenvalue weighted by Crippen LogP contribution is 2.42. The molecule has 0 amide bonds. The summed E-state index contributed by atoms with van der Waals surface area (Å²) in [6, 6.07) is 65.3. The van der Waals surface area contributed by atoms with Crippen LogP contribution in [0.3, 0.4) is 0 Å². The highest BCUT2D eigenvalue weighted by Gasteiger charge is 2.29. The highest BCUT2D eigenvalue weighted by molar-refractivity contribution is 6.19. The zero-order valence-corrected chi connectivity index (χ0v) is 34.4. The van der Waals surface area contributed by atoms with Gasteiger partial charge in [-0.2, -0.15) is 0 Å². The molecule has 3 aromatic heterocycles. The third-order valence-corrected chi connectivity index (χ3v) is 13.0. The number of para-hydroxylation sites is 3. The lowest BCUT2D eigenvalue weighted by Crippen LogP contribution is -2.45. The molecule has 6 heteroatoms. The predicted molar refractivity (Wildman–Crippen MR) is 260 cm³/mol. The second-order valence-electron chi connectivity index (χ2n) is 16.7. The molecule has 0 saturated heterocycles. The van der Waals surface area contributed by atoms with E-state index in [-0.39, 0.29) is 12.3 Å². The van der Waals surface area contributed by atoms with Crippen LogP contribution in [-0.2, 0) is 0 Å². The Morgan fingerprint density at radius 2 is 1.19 bits per heavy atom. The van der Waals surface area contributed by atoms with Gasteiger partial charge < -0.3 is 18.9 Å². The van der Waals surface area contributed by atoms with Gasteiger partial charge in [0.25, 0.3) is 0 Å². The van der Waals surface area contributed by atoms with Crippen molar-refractivity contribution >= 4 is 71.4 Å². The van der Waals surface area contributed by atoms with Gasteiger partial charge in [0, 0.05) is 60.9 Å². The van der Waals surface area contributed by atoms with E-state index >= 15 is 0 Å². The summed E-state index contributed by atoms with van der Waals surface area (Å²) in [5, 5.41) is 14.8. The zero-order chi connectivity index (χ0) is 41.4. The standard InChI is InChI=1S/C57H41N5O/c1-4-16-36(17-5-1)38-20-14-21-39(32-38)56-58-55(37-18-6-2-7-19-37)59-57(60-56)45-26-15-29-52-54(45)44-31-30-41(33-53(44)63-52)62-49-28-13-11-25-43(49)47-34-50-46(35-51(47)62)42-24-10-12-27-48(42)61(50)40-22-8-3-9-23-40/h1,3-6,8-35,56-57,60H,2,7H2,(H,58,59). The molecular formula is C57H41N5O. The second kappa shape index (κ2) is 14.3. The molecule has 0 saturated carbocycles. The van der Waals surface area contributed by atoms with E-state index < -0.39 is 0 Å². The van der Waals surface area contributed by atoms with Crippen LogP contribution < -0.4 is 10.6 Å². The molecule has 13 rings (SSSR count). The summed E-state index contributed by atoms with van der Waals surface area (Å²) >= 11 is 0. The maximum absolute atomic E-state index is 6.82. The lowest BCUT2D eigenvalue weighted by molar-refractivity contribution is 0.411. The van der Waals surface area contributed by atoms with E-state index in [4.69, 9.17) is 9.41 Å². The van der Waals surface area contributed by atoms with Crippen molar-refractivity contribution in [2.24, 2.45) is 4.99 Å². The normalized spacial score (nSPS) is 16.6. The molecule has 2 N–H and O–H groups in total. The molecule has 300 valence electrons. The van der Waals surface area contributed by atoms with E-state index in [9.17, 15) is 0 Å². The number of amidine groups is 1. The van der Waals surface area contributed by atoms with Gasteiger partial charge in [0.05, 0.1) is 22.1 Å². The number of nitrogens with one attached hydrogen (secondary N) is 2. The molecule has 1 aliphatic carbocycles. The summed E-state index contributed by atoms with van der Waals surface area (Å²) in [7, 11) is 0. The number of aromatic nitrogens is 2. The van der Waals surface area contributed by atoms with Crippen molar-refractivity contribution in [2.75, 3.05) is 0 Å². The maximum atomic E-state index is 6.82. The Morgan fingerprint density at radius 3 is 1.94 bits per heavy atom. The fourth-order valence-corrected chi connectivity index (χ4v) is 10.1. The first-order chi connectivity index (χ1) is 31.2. The van der Waals surface area contributed by atoms with Gasteiger partial charge in [-0.3, -0.25) is 5.32 Å². The molecule has 8 aromatic carbocycles. The summed E-state index contributed by atoms with van der Waals surface area (Å²) in [4.78, 5) is 5.31. The lowest BCUT2D eigenvalue weighted by atomic mass is 9.99. The van der Waals surface area contributed by atoms with E-state index in [1.807, 2.05) is 0 Å². The average Bonchev–Trinajstić information content (AvgIpc) is 4.01. The molecule has 0 spiro atoms. The van der Waals surface area contributed by atoms with Crippen LogP contribution in [0.5, 0.6) is 0 Å². The van der Waals surface area contributed by atoms with E-state index in [1.165, 1.54) is 43.7 Å². The summed E-state index contributed by atoms with van der Waals surface area (Å²) < 4.78 is 11.6. The largest absolute Gasteiger partial charge is 0.456 e. The van der Waals surface area contributed by atoms with Crippen molar-refractivity contribution in [1.82, 2.24) is 19.8 Å². The first-order valence-electron chi connectivity index (χ1n) is 21.8. The minimum atomic E-state index is -0.269. The molecule has 6 nitrogen and oxygen atoms in total. The number of hydrogen-bond donors (Lipinski definition) is 2. The lowest BCUT2D eigenvalue weighted by Gasteiger charge is -2.33. The third kappa shape index (κ3) is 5.79. The number of aliphatic imine (C=N–C) groups is 1. The van der Waals surface area contributed by atoms with Gasteiger partial charge in [-0.25, -0.2) is 4.99 Å². The van der Waals surface area contributed by atoms with Crippen LogP contribution in [-0.4, -0.2) is 15.0 Å². The first kappa shape index (κ1) is 35.8. The second-order valence-corrected chi connectivity index (χ2v) is 16.7. The van der Waals surface area contributed by atoms with Gasteiger partial charge in [0.15, 0.2) is 0 Å². The Bertz CT molecular complexity index is 3700. The number of allylic oxidation sites excluding steroid dienone is 2. The Hall–Kier alpha value is -7.93. The van der Waals surface area contributed by atoms with Gasteiger partial charge in [-0.1, -0.05) is 133 Å². The molecule has 2 atom stereocenters. The van der Waals surface area contributed by atoms with E-state index in [0.29, 0.717) is 0 Å². The molecule has 0 bridgehead atoms. The quantitative estimate of drug-likeness (QED) is 0.176. The number of fused-ring (bicyclic) bond motifs is 9. The first-order valence-corrected chi connectivity index (χ1v) is 21.8. The topological polar surface area (TPSA) is 59.4 Å². The van der Waals surface area contributed by atoms with Crippen molar-refractivity contribution < 1.29 is 4.42 Å². The van der Waals surface area contributed by atoms with Crippen LogP contribution in [0.15, 0.2) is 215 Å². The van der Waals surface area contributed by atoms with Crippen LogP contribution >= 0.6 is 0 Å². The van der Waals surface area contributed by atoms with E-state index in [1.54, 1.807) is 0 Å². The molecule has 2 aliphatic rings. The van der Waals surface area contributed by atoms with Crippen molar-refractivity contribution in [1.29, 1.82) is 0 Å². The van der Waals surface area contributed by atoms with Crippen LogP contribution in [0.25, 0.3) is 88.1 Å². The minimum Gasteiger partial charge on any atom is -0.456 e. The molecule has 0 radical (unpaired) electrons. The van der Waals surface area contributed by atoms with E-state index in [0.717, 1.165) is 79.7 Å². The molecule has 4 heterocycles. The van der Waals surface area contributed by atoms with Gasteiger partial charge in [-0.15, -0.1) is 0 Å². The third-order valence-electron chi connectivity index (χ3n) is 13.0. The van der Waals surface area contributed by atoms with Crippen LogP contribution in [0, 0.1) is 0 Å². The van der Waals surface area contributed by atoms with Gasteiger partial charge in [0.2, 0.25) is 0 Å². The number of benzene rings is 8. The van der Waals surface area contributed by atoms with Gasteiger partial charge in [0.1, 0.15) is 29.3 Å². The van der Waals surface area contributed by atoms with E-state index in [2.05, 4.69) is 220 Å². The van der Waals surface area contributed by atoms with Crippen molar-refractivity contribution in [3.05, 3.63) is 217 Å². The van der Waals surface area contributed by atoms with Crippen molar-refractivity contribution in [3.63, 3.8) is 0 Å². The Kier molecular flexibility index (Phi) is 8.14. The SMILES string of the molecule is C1=CC(C2=NC(c3cccc(-c4ccccc4)c3)NC(c3cccc4oc5cc(-n6c7ccccc7c7cc8c(cc76)c6ccccc6n8-c6ccccc6)ccc5c34)N2)=CCC1. The molecule has 1 aliphatic heterocycles. The average molecular weight is 812 g/mol. The zero-order valence-electron chi connectivity index (χ0n) is 34.4.